The van der Waals surface area contributed by atoms with Crippen LogP contribution in [0.4, 0.5) is 15.3 Å². The van der Waals surface area contributed by atoms with Crippen molar-refractivity contribution in [1.82, 2.24) is 54.8 Å². The molecule has 534 valence electrons. The molecule has 0 aliphatic carbocycles. The molecule has 0 radical (unpaired) electrons. The molecule has 100 heavy (non-hydrogen) atoms. The highest BCUT2D eigenvalue weighted by molar-refractivity contribution is 7.98. The number of unbranched alkanes of at least 4 members (excludes halogenated alkanes) is 1. The number of cyclic esters (lactones) is 1. The fourth-order valence-electron chi connectivity index (χ4n) is 11.8. The minimum atomic E-state index is -2.55. The Bertz CT molecular complexity index is 4190. The summed E-state index contributed by atoms with van der Waals surface area (Å²) in [5.74, 6) is 5.74. The lowest BCUT2D eigenvalue weighted by Crippen LogP contribution is -2.47. The largest absolute Gasteiger partial charge is 0.510 e. The number of amides is 5. The molecular weight excluding hydrogens is 1330 g/mol. The summed E-state index contributed by atoms with van der Waals surface area (Å²) in [6.07, 6.45) is 10.3. The number of carbonyl (C=O) groups excluding carboxylic acids is 8. The lowest BCUT2D eigenvalue weighted by Gasteiger charge is -2.35. The Morgan fingerprint density at radius 3 is 2.38 bits per heavy atom. The molecule has 6 aromatic rings. The number of ketones is 2. The van der Waals surface area contributed by atoms with Gasteiger partial charge in [0.2, 0.25) is 23.3 Å². The molecule has 0 spiro atoms. The first-order valence-electron chi connectivity index (χ1n) is 33.1. The number of benzene rings is 2. The summed E-state index contributed by atoms with van der Waals surface area (Å²) in [4.78, 5) is 133. The zero-order valence-electron chi connectivity index (χ0n) is 57.4. The van der Waals surface area contributed by atoms with Crippen molar-refractivity contribution in [3.8, 4) is 23.2 Å². The van der Waals surface area contributed by atoms with Crippen LogP contribution in [0, 0.1) is 23.7 Å². The number of fused-ring (bicyclic) bond motifs is 5. The highest BCUT2D eigenvalue weighted by Gasteiger charge is 2.51. The molecule has 2 aliphatic rings. The maximum atomic E-state index is 14.5. The molecule has 1 unspecified atom stereocenters. The van der Waals surface area contributed by atoms with E-state index in [-0.39, 0.29) is 94.7 Å². The number of pyridine rings is 2. The van der Waals surface area contributed by atoms with Crippen molar-refractivity contribution < 1.29 is 66.2 Å². The first-order chi connectivity index (χ1) is 47.9. The lowest BCUT2D eigenvalue weighted by atomic mass is 9.85. The predicted octanol–water partition coefficient (Wildman–Crippen LogP) is 5.73. The summed E-state index contributed by atoms with van der Waals surface area (Å²) in [6, 6.07) is 13.7. The second-order valence-electron chi connectivity index (χ2n) is 24.9. The molecule has 2 aliphatic heterocycles. The standard InChI is InChI=1S/C70H87N13O15S2/c1-9-70(56-35-58-63-54(39-82(58)65(89)55(56)41-96-66(70)90)52(53-19-13-14-20-57(53)77-63)27-30-83(45(4)5)100(7,8)93)98-69(92)97-40-46-21-23-49(24-22-46)76-64(88)48(17-15-28-73-67(71)91)34-59(85)62(44(2)3)78-61(87)43-95-42-60(86)72-29-32-94-33-31-81-38-50(79-80-81)25-26-51(84)18-12-10-11-16-47-36-74-68(99-6)75-37-47/h13-14,19-24,35-38,44-45,48,62H,7,9-10,12,15,17-18,25-34,39-43H2,1-6,8H3,(H,72,86)(H,76,88)(H,78,87)(H3,71,73,91)/t48-,62+,70+,100?/m1/s1. The Morgan fingerprint density at radius 1 is 0.920 bits per heavy atom. The maximum Gasteiger partial charge on any atom is 0.510 e. The van der Waals surface area contributed by atoms with Crippen molar-refractivity contribution in [2.75, 3.05) is 63.9 Å². The number of nitrogens with zero attached hydrogens (tertiary/aromatic N) is 8. The smallest absolute Gasteiger partial charge is 0.457 e. The van der Waals surface area contributed by atoms with E-state index < -0.39 is 93.6 Å². The Balaban J connectivity index is 0.774. The average molecular weight is 1410 g/mol. The predicted molar refractivity (Wildman–Crippen MR) is 375 cm³/mol. The average Bonchev–Trinajstić information content (AvgIpc) is 1.35. The van der Waals surface area contributed by atoms with Crippen molar-refractivity contribution in [3.05, 3.63) is 123 Å². The number of ether oxygens (including phenoxy) is 5. The Kier molecular flexibility index (Phi) is 27.5. The van der Waals surface area contributed by atoms with Crippen LogP contribution in [0.5, 0.6) is 0 Å². The number of primary amides is 1. The van der Waals surface area contributed by atoms with Gasteiger partial charge >= 0.3 is 18.2 Å². The molecule has 0 bridgehead atoms. The molecule has 0 saturated carbocycles. The van der Waals surface area contributed by atoms with Gasteiger partial charge in [0, 0.05) is 114 Å². The number of urea groups is 1. The van der Waals surface area contributed by atoms with Crippen molar-refractivity contribution in [2.24, 2.45) is 17.6 Å². The van der Waals surface area contributed by atoms with E-state index >= 15 is 0 Å². The quantitative estimate of drug-likeness (QED) is 0.00774. The molecule has 4 aromatic heterocycles. The number of nitrogens with two attached hydrogens (primary N) is 1. The van der Waals surface area contributed by atoms with Crippen molar-refractivity contribution >= 4 is 91.4 Å². The molecule has 0 fully saturated rings. The number of thioether (sulfide) groups is 1. The van der Waals surface area contributed by atoms with Crippen LogP contribution in [0.25, 0.3) is 22.3 Å². The van der Waals surface area contributed by atoms with E-state index in [0.717, 1.165) is 22.1 Å². The van der Waals surface area contributed by atoms with Gasteiger partial charge in [-0.05, 0) is 106 Å². The number of Topliss-reactive ketones (excluding diaryl/α,β-unsaturated/α-hetero) is 2. The highest BCUT2D eigenvalue weighted by atomic mass is 32.2. The number of hydrogen-bond donors (Lipinski definition) is 5. The minimum Gasteiger partial charge on any atom is -0.457 e. The zero-order valence-corrected chi connectivity index (χ0v) is 59.0. The molecule has 2 aromatic carbocycles. The zero-order chi connectivity index (χ0) is 72.1. The number of nitrogens with one attached hydrogen (secondary N) is 4. The summed E-state index contributed by atoms with van der Waals surface area (Å²) in [5.41, 5.74) is 8.63. The highest BCUT2D eigenvalue weighted by Crippen LogP contribution is 2.42. The van der Waals surface area contributed by atoms with Gasteiger partial charge < -0.3 is 55.3 Å². The summed E-state index contributed by atoms with van der Waals surface area (Å²) >= 11 is 1.46. The van der Waals surface area contributed by atoms with Crippen molar-refractivity contribution in [2.45, 2.75) is 148 Å². The Morgan fingerprint density at radius 2 is 1.67 bits per heavy atom. The first-order valence-corrected chi connectivity index (χ1v) is 36.4. The molecular formula is C70H87N13O15S2. The van der Waals surface area contributed by atoms with Crippen LogP contribution in [0.15, 0.2) is 83.1 Å². The molecule has 28 nitrogen and oxygen atoms in total. The number of carbonyl (C=O) groups is 8. The first kappa shape index (κ1) is 76.3. The number of esters is 1. The van der Waals surface area contributed by atoms with E-state index in [4.69, 9.17) is 34.4 Å². The molecule has 6 N–H and O–H groups in total. The van der Waals surface area contributed by atoms with Gasteiger partial charge in [0.25, 0.3) is 5.56 Å². The topological polar surface area (TPSA) is 369 Å². The number of hydrogen-bond acceptors (Lipinski definition) is 21. The number of aryl methyl sites for hydroxylation is 1. The van der Waals surface area contributed by atoms with E-state index in [1.54, 1.807) is 85.2 Å². The van der Waals surface area contributed by atoms with Gasteiger partial charge in [-0.25, -0.2) is 38.3 Å². The van der Waals surface area contributed by atoms with E-state index in [1.165, 1.54) is 11.8 Å². The van der Waals surface area contributed by atoms with E-state index in [0.29, 0.717) is 90.6 Å². The van der Waals surface area contributed by atoms with Crippen LogP contribution in [0.3, 0.4) is 0 Å². The van der Waals surface area contributed by atoms with Crippen LogP contribution >= 0.6 is 11.8 Å². The molecule has 6 heterocycles. The van der Waals surface area contributed by atoms with E-state index in [1.807, 2.05) is 48.7 Å². The second-order valence-corrected chi connectivity index (χ2v) is 28.1. The Hall–Kier alpha value is -9.41. The van der Waals surface area contributed by atoms with Gasteiger partial charge in [0.15, 0.2) is 10.9 Å². The second kappa shape index (κ2) is 36.1. The Labute approximate surface area is 584 Å². The third-order valence-corrected chi connectivity index (χ3v) is 19.1. The van der Waals surface area contributed by atoms with Crippen molar-refractivity contribution in [3.63, 3.8) is 0 Å². The van der Waals surface area contributed by atoms with Gasteiger partial charge in [-0.15, -0.1) is 5.10 Å². The van der Waals surface area contributed by atoms with Crippen LogP contribution in [-0.4, -0.2) is 167 Å². The fraction of sp³-hybridized carbons (Fsp3) is 0.471. The van der Waals surface area contributed by atoms with Crippen LogP contribution in [0.1, 0.15) is 125 Å². The number of para-hydroxylation sites is 1. The molecule has 4 atom stereocenters. The number of aromatic nitrogens is 7. The summed E-state index contributed by atoms with van der Waals surface area (Å²) in [7, 11) is -2.55. The summed E-state index contributed by atoms with van der Waals surface area (Å²) in [6.45, 7) is 9.06. The summed E-state index contributed by atoms with van der Waals surface area (Å²) < 4.78 is 46.3. The van der Waals surface area contributed by atoms with E-state index in [2.05, 4.69) is 59.3 Å². The molecule has 8 rings (SSSR count). The van der Waals surface area contributed by atoms with Gasteiger partial charge in [-0.2, -0.15) is 0 Å². The molecule has 30 heteroatoms. The normalized spacial score (nSPS) is 14.9. The number of rotatable bonds is 37. The number of anilines is 1. The third kappa shape index (κ3) is 20.8. The fourth-order valence-corrected chi connectivity index (χ4v) is 13.5. The van der Waals surface area contributed by atoms with E-state index in [9.17, 15) is 47.4 Å². The SMILES string of the molecule is C=S(C)(=O)N(CCc1c2c(nc3ccccc13)-c1cc3c(c(=O)n1C2)COC(=O)[C@@]3(CC)OC(=O)OCc1ccc(NC(=O)[C@H](CCCNC(N)=O)CC(=O)[C@@H](NC(=O)COCC(=O)NCCOCCn2cc(CCC(=O)CCCC#Cc3cnc(SC)nc3)nn2)C(C)C)cc1)C(C)C. The van der Waals surface area contributed by atoms with Crippen LogP contribution < -0.4 is 32.6 Å². The van der Waals surface area contributed by atoms with Crippen LogP contribution in [-0.2, 0) is 107 Å². The minimum absolute atomic E-state index is 0.0564. The molecule has 5 amide bonds. The van der Waals surface area contributed by atoms with Gasteiger partial charge in [0.05, 0.1) is 66.1 Å². The lowest BCUT2D eigenvalue weighted by molar-refractivity contribution is -0.175. The van der Waals surface area contributed by atoms with Crippen molar-refractivity contribution in [1.29, 1.82) is 0 Å². The summed E-state index contributed by atoms with van der Waals surface area (Å²) in [5, 5.41) is 20.4. The maximum absolute atomic E-state index is 14.5. The van der Waals surface area contributed by atoms with Gasteiger partial charge in [-0.1, -0.05) is 79.9 Å². The monoisotopic (exact) mass is 1410 g/mol. The van der Waals surface area contributed by atoms with Gasteiger partial charge in [-0.3, -0.25) is 33.0 Å². The molecule has 0 saturated heterocycles. The third-order valence-electron chi connectivity index (χ3n) is 16.9. The van der Waals surface area contributed by atoms with Crippen LogP contribution in [0.2, 0.25) is 0 Å². The van der Waals surface area contributed by atoms with Gasteiger partial charge in [0.1, 0.15) is 32.2 Å².